The lowest BCUT2D eigenvalue weighted by Crippen LogP contribution is -2.51. The molecule has 0 aromatic rings. The van der Waals surface area contributed by atoms with Gasteiger partial charge in [0.2, 0.25) is 17.7 Å². The van der Waals surface area contributed by atoms with Gasteiger partial charge in [-0.15, -0.1) is 0 Å². The van der Waals surface area contributed by atoms with Crippen LogP contribution in [0.25, 0.3) is 0 Å². The molecule has 1 rings (SSSR count). The Bertz CT molecular complexity index is 330. The van der Waals surface area contributed by atoms with Gasteiger partial charge in [-0.3, -0.25) is 14.4 Å². The molecule has 1 saturated heterocycles. The molecule has 3 amide bonds. The number of nitrogens with zero attached hydrogens (tertiary/aromatic N) is 1. The number of nitrogens with two attached hydrogens (primary N) is 2. The summed E-state index contributed by atoms with van der Waals surface area (Å²) in [6, 6.07) is -1.16. The van der Waals surface area contributed by atoms with Crippen LogP contribution < -0.4 is 16.8 Å². The Morgan fingerprint density at radius 2 is 2.12 bits per heavy atom. The number of carbonyl (C=O) groups excluding carboxylic acids is 3. The maximum absolute atomic E-state index is 11.7. The Kier molecular flexibility index (Phi) is 4.45. The number of rotatable bonds is 4. The van der Waals surface area contributed by atoms with Gasteiger partial charge < -0.3 is 21.7 Å². The number of likely N-dealkylation sites (tertiary alicyclic amines) is 1. The molecule has 0 aromatic carbocycles. The molecule has 0 spiro atoms. The van der Waals surface area contributed by atoms with Gasteiger partial charge in [-0.25, -0.2) is 0 Å². The van der Waals surface area contributed by atoms with E-state index in [4.69, 9.17) is 11.5 Å². The molecular formula is C10H18N4O3. The van der Waals surface area contributed by atoms with E-state index in [-0.39, 0.29) is 18.4 Å². The van der Waals surface area contributed by atoms with Crippen LogP contribution >= 0.6 is 0 Å². The maximum Gasteiger partial charge on any atom is 0.243 e. The van der Waals surface area contributed by atoms with Gasteiger partial charge in [-0.05, 0) is 19.8 Å². The Labute approximate surface area is 99.5 Å². The summed E-state index contributed by atoms with van der Waals surface area (Å²) in [5.41, 5.74) is 10.4. The number of hydrogen-bond acceptors (Lipinski definition) is 4. The van der Waals surface area contributed by atoms with Gasteiger partial charge >= 0.3 is 0 Å². The van der Waals surface area contributed by atoms with E-state index in [2.05, 4.69) is 5.32 Å². The molecule has 2 atom stereocenters. The number of amides is 3. The smallest absolute Gasteiger partial charge is 0.243 e. The third-order valence-electron chi connectivity index (χ3n) is 2.66. The number of primary amides is 1. The van der Waals surface area contributed by atoms with Gasteiger partial charge in [0, 0.05) is 6.54 Å². The highest BCUT2D eigenvalue weighted by atomic mass is 16.2. The molecule has 96 valence electrons. The van der Waals surface area contributed by atoms with E-state index in [0.29, 0.717) is 13.0 Å². The summed E-state index contributed by atoms with van der Waals surface area (Å²) in [6.45, 7) is 1.89. The van der Waals surface area contributed by atoms with Crippen LogP contribution in [-0.2, 0) is 14.4 Å². The van der Waals surface area contributed by atoms with Crippen molar-refractivity contribution in [3.63, 3.8) is 0 Å². The number of nitrogens with one attached hydrogen (secondary N) is 1. The quantitative estimate of drug-likeness (QED) is 0.524. The highest BCUT2D eigenvalue weighted by molar-refractivity contribution is 5.91. The first kappa shape index (κ1) is 13.4. The van der Waals surface area contributed by atoms with Gasteiger partial charge in [0.25, 0.3) is 0 Å². The van der Waals surface area contributed by atoms with Crippen LogP contribution in [0.1, 0.15) is 19.8 Å². The second-order valence-electron chi connectivity index (χ2n) is 4.16. The monoisotopic (exact) mass is 242 g/mol. The molecule has 0 aromatic heterocycles. The summed E-state index contributed by atoms with van der Waals surface area (Å²) in [6.07, 6.45) is 1.34. The molecule has 0 radical (unpaired) electrons. The van der Waals surface area contributed by atoms with Gasteiger partial charge in [-0.2, -0.15) is 0 Å². The molecule has 1 heterocycles. The topological polar surface area (TPSA) is 119 Å². The predicted octanol–water partition coefficient (Wildman–Crippen LogP) is -2.07. The van der Waals surface area contributed by atoms with Gasteiger partial charge in [-0.1, -0.05) is 0 Å². The second kappa shape index (κ2) is 5.62. The van der Waals surface area contributed by atoms with Crippen molar-refractivity contribution >= 4 is 17.7 Å². The van der Waals surface area contributed by atoms with Crippen molar-refractivity contribution in [2.24, 2.45) is 11.5 Å². The van der Waals surface area contributed by atoms with Crippen LogP contribution in [0, 0.1) is 0 Å². The third-order valence-corrected chi connectivity index (χ3v) is 2.66. The molecule has 2 unspecified atom stereocenters. The molecular weight excluding hydrogens is 224 g/mol. The zero-order chi connectivity index (χ0) is 13.0. The summed E-state index contributed by atoms with van der Waals surface area (Å²) >= 11 is 0. The summed E-state index contributed by atoms with van der Waals surface area (Å²) in [4.78, 5) is 35.5. The normalized spacial score (nSPS) is 21.1. The Balaban J connectivity index is 2.59. The molecule has 5 N–H and O–H groups in total. The van der Waals surface area contributed by atoms with Crippen molar-refractivity contribution in [3.05, 3.63) is 0 Å². The molecule has 7 nitrogen and oxygen atoms in total. The van der Waals surface area contributed by atoms with Crippen molar-refractivity contribution < 1.29 is 14.4 Å². The highest BCUT2D eigenvalue weighted by Gasteiger charge is 2.34. The third kappa shape index (κ3) is 3.42. The van der Waals surface area contributed by atoms with Crippen molar-refractivity contribution in [1.29, 1.82) is 0 Å². The number of hydrogen-bond donors (Lipinski definition) is 3. The summed E-state index contributed by atoms with van der Waals surface area (Å²) < 4.78 is 0. The molecule has 0 bridgehead atoms. The largest absolute Gasteiger partial charge is 0.368 e. The van der Waals surface area contributed by atoms with E-state index in [0.717, 1.165) is 6.42 Å². The fraction of sp³-hybridized carbons (Fsp3) is 0.700. The number of carbonyl (C=O) groups is 3. The van der Waals surface area contributed by atoms with E-state index >= 15 is 0 Å². The molecule has 1 aliphatic rings. The highest BCUT2D eigenvalue weighted by Crippen LogP contribution is 2.18. The van der Waals surface area contributed by atoms with Crippen molar-refractivity contribution in [2.45, 2.75) is 31.8 Å². The summed E-state index contributed by atoms with van der Waals surface area (Å²) in [5.74, 6) is -1.21. The van der Waals surface area contributed by atoms with Gasteiger partial charge in [0.15, 0.2) is 0 Å². The van der Waals surface area contributed by atoms with E-state index in [9.17, 15) is 14.4 Å². The van der Waals surface area contributed by atoms with Crippen LogP contribution in [0.2, 0.25) is 0 Å². The SMILES string of the molecule is CC(N)C(=O)N1CCCC1C(=O)NCC(N)=O. The van der Waals surface area contributed by atoms with Crippen LogP contribution in [0.3, 0.4) is 0 Å². The minimum atomic E-state index is -0.625. The molecule has 0 aliphatic carbocycles. The fourth-order valence-corrected chi connectivity index (χ4v) is 1.86. The molecule has 7 heteroatoms. The first-order chi connectivity index (χ1) is 7.93. The van der Waals surface area contributed by atoms with Gasteiger partial charge in [0.1, 0.15) is 6.04 Å². The Morgan fingerprint density at radius 3 is 2.65 bits per heavy atom. The molecule has 0 saturated carbocycles. The van der Waals surface area contributed by atoms with Crippen LogP contribution in [-0.4, -0.2) is 47.8 Å². The lowest BCUT2D eigenvalue weighted by atomic mass is 10.2. The lowest BCUT2D eigenvalue weighted by Gasteiger charge is -2.25. The zero-order valence-electron chi connectivity index (χ0n) is 9.81. The summed E-state index contributed by atoms with van der Waals surface area (Å²) in [7, 11) is 0. The minimum absolute atomic E-state index is 0.213. The minimum Gasteiger partial charge on any atom is -0.368 e. The predicted molar refractivity (Wildman–Crippen MR) is 60.6 cm³/mol. The summed E-state index contributed by atoms with van der Waals surface area (Å²) in [5, 5.41) is 2.40. The van der Waals surface area contributed by atoms with Crippen molar-refractivity contribution in [1.82, 2.24) is 10.2 Å². The van der Waals surface area contributed by atoms with Crippen molar-refractivity contribution in [2.75, 3.05) is 13.1 Å². The standard InChI is InChI=1S/C10H18N4O3/c1-6(11)10(17)14-4-2-3-7(14)9(16)13-5-8(12)15/h6-7H,2-5,11H2,1H3,(H2,12,15)(H,13,16). The molecule has 1 aliphatic heterocycles. The van der Waals surface area contributed by atoms with E-state index in [1.54, 1.807) is 6.92 Å². The first-order valence-corrected chi connectivity index (χ1v) is 5.55. The molecule has 1 fully saturated rings. The molecule has 17 heavy (non-hydrogen) atoms. The second-order valence-corrected chi connectivity index (χ2v) is 4.16. The lowest BCUT2D eigenvalue weighted by molar-refractivity contribution is -0.139. The average molecular weight is 242 g/mol. The zero-order valence-corrected chi connectivity index (χ0v) is 9.81. The van der Waals surface area contributed by atoms with Gasteiger partial charge in [0.05, 0.1) is 12.6 Å². The first-order valence-electron chi connectivity index (χ1n) is 5.55. The maximum atomic E-state index is 11.7. The van der Waals surface area contributed by atoms with E-state index in [1.807, 2.05) is 0 Å². The van der Waals surface area contributed by atoms with Crippen LogP contribution in [0.15, 0.2) is 0 Å². The van der Waals surface area contributed by atoms with E-state index < -0.39 is 18.0 Å². The van der Waals surface area contributed by atoms with Crippen molar-refractivity contribution in [3.8, 4) is 0 Å². The van der Waals surface area contributed by atoms with E-state index in [1.165, 1.54) is 4.90 Å². The average Bonchev–Trinajstić information content (AvgIpc) is 2.73. The Hall–Kier alpha value is -1.63. The van der Waals surface area contributed by atoms with Crippen LogP contribution in [0.5, 0.6) is 0 Å². The Morgan fingerprint density at radius 1 is 1.47 bits per heavy atom. The fourth-order valence-electron chi connectivity index (χ4n) is 1.86. The van der Waals surface area contributed by atoms with Crippen LogP contribution in [0.4, 0.5) is 0 Å².